The summed E-state index contributed by atoms with van der Waals surface area (Å²) in [4.78, 5) is 28.8. The van der Waals surface area contributed by atoms with Crippen LogP contribution >= 0.6 is 0 Å². The van der Waals surface area contributed by atoms with E-state index < -0.39 is 0 Å². The Labute approximate surface area is 95.9 Å². The zero-order valence-corrected chi connectivity index (χ0v) is 9.20. The molecule has 0 aliphatic rings. The van der Waals surface area contributed by atoms with Crippen molar-refractivity contribution in [1.82, 2.24) is 9.97 Å². The largest absolute Gasteiger partial charge is 0.324 e. The van der Waals surface area contributed by atoms with Gasteiger partial charge in [0, 0.05) is 22.5 Å². The summed E-state index contributed by atoms with van der Waals surface area (Å²) in [7, 11) is 0. The van der Waals surface area contributed by atoms with Crippen LogP contribution in [-0.4, -0.2) is 9.97 Å². The van der Waals surface area contributed by atoms with Crippen LogP contribution in [0.2, 0.25) is 0 Å². The predicted molar refractivity (Wildman–Crippen MR) is 67.4 cm³/mol. The monoisotopic (exact) mass is 226 g/mol. The SMILES string of the molecule is Cc1[nH]c(=O)cc2c1[nH]c(=O)c1ccccc12. The first kappa shape index (κ1) is 9.84. The smallest absolute Gasteiger partial charge is 0.256 e. The van der Waals surface area contributed by atoms with Crippen molar-refractivity contribution >= 4 is 21.7 Å². The normalized spacial score (nSPS) is 11.1. The van der Waals surface area contributed by atoms with Gasteiger partial charge in [-0.2, -0.15) is 0 Å². The number of aryl methyl sites for hydroxylation is 1. The molecule has 2 aromatic heterocycles. The zero-order chi connectivity index (χ0) is 12.0. The number of hydrogen-bond acceptors (Lipinski definition) is 2. The van der Waals surface area contributed by atoms with Gasteiger partial charge < -0.3 is 9.97 Å². The number of fused-ring (bicyclic) bond motifs is 3. The van der Waals surface area contributed by atoms with E-state index >= 15 is 0 Å². The van der Waals surface area contributed by atoms with Gasteiger partial charge in [-0.05, 0) is 18.4 Å². The minimum absolute atomic E-state index is 0.136. The van der Waals surface area contributed by atoms with Crippen LogP contribution in [0.5, 0.6) is 0 Å². The van der Waals surface area contributed by atoms with Crippen molar-refractivity contribution in [3.63, 3.8) is 0 Å². The van der Waals surface area contributed by atoms with Gasteiger partial charge in [0.25, 0.3) is 5.56 Å². The van der Waals surface area contributed by atoms with E-state index in [-0.39, 0.29) is 11.1 Å². The third kappa shape index (κ3) is 1.38. The fourth-order valence-corrected chi connectivity index (χ4v) is 2.16. The van der Waals surface area contributed by atoms with Crippen LogP contribution in [0.1, 0.15) is 5.69 Å². The highest BCUT2D eigenvalue weighted by Crippen LogP contribution is 2.20. The first-order valence-electron chi connectivity index (χ1n) is 5.31. The second-order valence-electron chi connectivity index (χ2n) is 4.05. The van der Waals surface area contributed by atoms with E-state index in [0.717, 1.165) is 10.8 Å². The van der Waals surface area contributed by atoms with Crippen LogP contribution in [0, 0.1) is 6.92 Å². The molecule has 0 aliphatic carbocycles. The van der Waals surface area contributed by atoms with E-state index in [0.29, 0.717) is 16.6 Å². The van der Waals surface area contributed by atoms with Gasteiger partial charge in [-0.15, -0.1) is 0 Å². The van der Waals surface area contributed by atoms with Crippen molar-refractivity contribution in [1.29, 1.82) is 0 Å². The van der Waals surface area contributed by atoms with Crippen molar-refractivity contribution in [2.75, 3.05) is 0 Å². The number of pyridine rings is 2. The lowest BCUT2D eigenvalue weighted by Gasteiger charge is -2.05. The molecular weight excluding hydrogens is 216 g/mol. The number of rotatable bonds is 0. The molecule has 0 unspecified atom stereocenters. The van der Waals surface area contributed by atoms with Crippen molar-refractivity contribution in [3.05, 3.63) is 56.7 Å². The highest BCUT2D eigenvalue weighted by molar-refractivity contribution is 6.05. The molecule has 0 aliphatic heterocycles. The van der Waals surface area contributed by atoms with E-state index in [1.807, 2.05) is 18.2 Å². The third-order valence-electron chi connectivity index (χ3n) is 2.93. The molecule has 2 heterocycles. The highest BCUT2D eigenvalue weighted by Gasteiger charge is 2.07. The van der Waals surface area contributed by atoms with E-state index in [4.69, 9.17) is 0 Å². The van der Waals surface area contributed by atoms with Gasteiger partial charge in [-0.3, -0.25) is 9.59 Å². The summed E-state index contributed by atoms with van der Waals surface area (Å²) in [6.07, 6.45) is 0. The summed E-state index contributed by atoms with van der Waals surface area (Å²) in [5.41, 5.74) is 1.07. The van der Waals surface area contributed by atoms with Gasteiger partial charge in [0.2, 0.25) is 5.56 Å². The minimum atomic E-state index is -0.160. The number of H-pyrrole nitrogens is 2. The summed E-state index contributed by atoms with van der Waals surface area (Å²) >= 11 is 0. The molecule has 0 spiro atoms. The fraction of sp³-hybridized carbons (Fsp3) is 0.0769. The summed E-state index contributed by atoms with van der Waals surface area (Å²) in [6, 6.07) is 8.79. The van der Waals surface area contributed by atoms with Crippen LogP contribution < -0.4 is 11.1 Å². The zero-order valence-electron chi connectivity index (χ0n) is 9.20. The predicted octanol–water partition coefficient (Wildman–Crippen LogP) is 1.68. The van der Waals surface area contributed by atoms with Gasteiger partial charge >= 0.3 is 0 Å². The Hall–Kier alpha value is -2.36. The molecule has 0 atom stereocenters. The third-order valence-corrected chi connectivity index (χ3v) is 2.93. The Morgan fingerprint density at radius 2 is 1.65 bits per heavy atom. The molecule has 17 heavy (non-hydrogen) atoms. The second kappa shape index (κ2) is 3.31. The molecule has 3 rings (SSSR count). The number of aromatic nitrogens is 2. The lowest BCUT2D eigenvalue weighted by Crippen LogP contribution is -2.12. The Kier molecular flexibility index (Phi) is 1.92. The first-order valence-corrected chi connectivity index (χ1v) is 5.31. The number of nitrogens with one attached hydrogen (secondary N) is 2. The topological polar surface area (TPSA) is 65.7 Å². The first-order chi connectivity index (χ1) is 8.16. The summed E-state index contributed by atoms with van der Waals surface area (Å²) in [6.45, 7) is 1.77. The molecule has 0 bridgehead atoms. The van der Waals surface area contributed by atoms with Crippen LogP contribution in [0.3, 0.4) is 0 Å². The maximum absolute atomic E-state index is 11.9. The Morgan fingerprint density at radius 1 is 0.941 bits per heavy atom. The highest BCUT2D eigenvalue weighted by atomic mass is 16.1. The van der Waals surface area contributed by atoms with Gasteiger partial charge in [0.05, 0.1) is 5.52 Å². The van der Waals surface area contributed by atoms with E-state index in [2.05, 4.69) is 9.97 Å². The molecule has 3 aromatic rings. The molecule has 2 N–H and O–H groups in total. The van der Waals surface area contributed by atoms with E-state index in [1.54, 1.807) is 13.0 Å². The lowest BCUT2D eigenvalue weighted by atomic mass is 10.1. The molecule has 4 nitrogen and oxygen atoms in total. The Morgan fingerprint density at radius 3 is 2.41 bits per heavy atom. The van der Waals surface area contributed by atoms with Gasteiger partial charge in [0.15, 0.2) is 0 Å². The molecule has 0 saturated heterocycles. The van der Waals surface area contributed by atoms with Crippen molar-refractivity contribution < 1.29 is 0 Å². The fourth-order valence-electron chi connectivity index (χ4n) is 2.16. The maximum Gasteiger partial charge on any atom is 0.256 e. The van der Waals surface area contributed by atoms with Crippen molar-refractivity contribution in [2.24, 2.45) is 0 Å². The Bertz CT molecular complexity index is 843. The Balaban J connectivity index is 2.73. The van der Waals surface area contributed by atoms with Gasteiger partial charge in [0.1, 0.15) is 0 Å². The van der Waals surface area contributed by atoms with Crippen molar-refractivity contribution in [2.45, 2.75) is 6.92 Å². The van der Waals surface area contributed by atoms with Gasteiger partial charge in [-0.1, -0.05) is 18.2 Å². The molecule has 0 amide bonds. The van der Waals surface area contributed by atoms with E-state index in [1.165, 1.54) is 6.07 Å². The average molecular weight is 226 g/mol. The lowest BCUT2D eigenvalue weighted by molar-refractivity contribution is 1.15. The molecule has 84 valence electrons. The molecule has 0 fully saturated rings. The second-order valence-corrected chi connectivity index (χ2v) is 4.05. The van der Waals surface area contributed by atoms with Crippen LogP contribution in [-0.2, 0) is 0 Å². The van der Waals surface area contributed by atoms with Crippen LogP contribution in [0.25, 0.3) is 21.7 Å². The molecular formula is C13H10N2O2. The van der Waals surface area contributed by atoms with Gasteiger partial charge in [-0.25, -0.2) is 0 Å². The van der Waals surface area contributed by atoms with Crippen LogP contribution in [0.15, 0.2) is 39.9 Å². The summed E-state index contributed by atoms with van der Waals surface area (Å²) in [5, 5.41) is 2.19. The standard InChI is InChI=1S/C13H10N2O2/c1-7-12-10(6-11(16)14-7)8-4-2-3-5-9(8)13(17)15-12/h2-6H,1H3,(H,14,16)(H,15,17). The molecule has 0 saturated carbocycles. The quantitative estimate of drug-likeness (QED) is 0.573. The molecule has 4 heteroatoms. The van der Waals surface area contributed by atoms with Crippen molar-refractivity contribution in [3.8, 4) is 0 Å². The van der Waals surface area contributed by atoms with Crippen LogP contribution in [0.4, 0.5) is 0 Å². The average Bonchev–Trinajstić information content (AvgIpc) is 2.31. The minimum Gasteiger partial charge on any atom is -0.324 e. The van der Waals surface area contributed by atoms with E-state index in [9.17, 15) is 9.59 Å². The molecule has 1 aromatic carbocycles. The number of aromatic amines is 2. The summed E-state index contributed by atoms with van der Waals surface area (Å²) in [5.74, 6) is 0. The molecule has 0 radical (unpaired) electrons. The maximum atomic E-state index is 11.9. The number of hydrogen-bond donors (Lipinski definition) is 2. The summed E-state index contributed by atoms with van der Waals surface area (Å²) < 4.78 is 0. The number of benzene rings is 1.